The maximum atomic E-state index is 13.1. The third-order valence-corrected chi connectivity index (χ3v) is 2.73. The van der Waals surface area contributed by atoms with Crippen LogP contribution >= 0.6 is 0 Å². The molecular formula is C12H9FN4O. The molecule has 0 radical (unpaired) electrons. The minimum Gasteiger partial charge on any atom is -0.305 e. The van der Waals surface area contributed by atoms with Crippen LogP contribution in [0.2, 0.25) is 0 Å². The molecule has 0 spiro atoms. The summed E-state index contributed by atoms with van der Waals surface area (Å²) in [5.74, 6) is -0.446. The van der Waals surface area contributed by atoms with Crippen molar-refractivity contribution in [3.05, 3.63) is 52.6 Å². The minimum atomic E-state index is -0.446. The first kappa shape index (κ1) is 10.6. The van der Waals surface area contributed by atoms with Crippen LogP contribution in [0.5, 0.6) is 0 Å². The van der Waals surface area contributed by atoms with Gasteiger partial charge in [-0.15, -0.1) is 0 Å². The van der Waals surface area contributed by atoms with Gasteiger partial charge >= 0.3 is 5.69 Å². The molecule has 18 heavy (non-hydrogen) atoms. The molecule has 0 aliphatic carbocycles. The van der Waals surface area contributed by atoms with E-state index in [-0.39, 0.29) is 5.69 Å². The number of nitrogens with zero attached hydrogens (tertiary/aromatic N) is 3. The first-order chi connectivity index (χ1) is 8.65. The number of fused-ring (bicyclic) bond motifs is 1. The zero-order valence-corrected chi connectivity index (χ0v) is 9.51. The standard InChI is InChI=1S/C12H9FN4O/c1-7-4-15-17-11(7)3-10(16-12(17)18)8-2-9(13)6-14-5-8/h2-6H,1H3,(H,16,18). The molecule has 3 aromatic heterocycles. The van der Waals surface area contributed by atoms with E-state index in [9.17, 15) is 9.18 Å². The Morgan fingerprint density at radius 3 is 2.89 bits per heavy atom. The van der Waals surface area contributed by atoms with E-state index in [0.717, 1.165) is 11.8 Å². The van der Waals surface area contributed by atoms with Crippen LogP contribution in [-0.2, 0) is 0 Å². The lowest BCUT2D eigenvalue weighted by atomic mass is 10.2. The number of hydrogen-bond acceptors (Lipinski definition) is 3. The van der Waals surface area contributed by atoms with E-state index in [1.807, 2.05) is 6.92 Å². The summed E-state index contributed by atoms with van der Waals surface area (Å²) in [6.45, 7) is 1.86. The Hall–Kier alpha value is -2.50. The predicted octanol–water partition coefficient (Wildman–Crippen LogP) is 1.53. The molecule has 0 saturated carbocycles. The average Bonchev–Trinajstić information content (AvgIpc) is 2.72. The molecule has 0 saturated heterocycles. The highest BCUT2D eigenvalue weighted by molar-refractivity contribution is 5.66. The summed E-state index contributed by atoms with van der Waals surface area (Å²) in [6, 6.07) is 3.07. The number of rotatable bonds is 1. The van der Waals surface area contributed by atoms with Crippen LogP contribution in [0.4, 0.5) is 4.39 Å². The van der Waals surface area contributed by atoms with Gasteiger partial charge in [-0.05, 0) is 24.6 Å². The number of halogens is 1. The van der Waals surface area contributed by atoms with Crippen LogP contribution in [-0.4, -0.2) is 19.6 Å². The lowest BCUT2D eigenvalue weighted by molar-refractivity contribution is 0.622. The summed E-state index contributed by atoms with van der Waals surface area (Å²) in [7, 11) is 0. The van der Waals surface area contributed by atoms with Gasteiger partial charge in [-0.3, -0.25) is 4.98 Å². The lowest BCUT2D eigenvalue weighted by Gasteiger charge is -2.02. The second kappa shape index (κ2) is 3.76. The van der Waals surface area contributed by atoms with Gasteiger partial charge in [-0.1, -0.05) is 0 Å². The van der Waals surface area contributed by atoms with Gasteiger partial charge in [0, 0.05) is 11.8 Å². The lowest BCUT2D eigenvalue weighted by Crippen LogP contribution is -2.17. The molecular weight excluding hydrogens is 235 g/mol. The van der Waals surface area contributed by atoms with E-state index in [1.165, 1.54) is 16.8 Å². The van der Waals surface area contributed by atoms with Crippen molar-refractivity contribution in [2.45, 2.75) is 6.92 Å². The van der Waals surface area contributed by atoms with E-state index < -0.39 is 5.82 Å². The molecule has 3 heterocycles. The third kappa shape index (κ3) is 1.58. The van der Waals surface area contributed by atoms with Gasteiger partial charge in [0.15, 0.2) is 0 Å². The highest BCUT2D eigenvalue weighted by atomic mass is 19.1. The van der Waals surface area contributed by atoms with E-state index in [4.69, 9.17) is 0 Å². The van der Waals surface area contributed by atoms with Gasteiger partial charge in [0.25, 0.3) is 0 Å². The van der Waals surface area contributed by atoms with Gasteiger partial charge in [0.2, 0.25) is 0 Å². The van der Waals surface area contributed by atoms with Gasteiger partial charge in [-0.2, -0.15) is 9.61 Å². The Morgan fingerprint density at radius 2 is 2.11 bits per heavy atom. The van der Waals surface area contributed by atoms with Crippen LogP contribution in [0.25, 0.3) is 16.8 Å². The fourth-order valence-electron chi connectivity index (χ4n) is 1.83. The number of aromatic nitrogens is 4. The van der Waals surface area contributed by atoms with Crippen LogP contribution in [0.1, 0.15) is 5.56 Å². The Balaban J connectivity index is 2.30. The van der Waals surface area contributed by atoms with Gasteiger partial charge in [0.05, 0.1) is 23.6 Å². The molecule has 3 aromatic rings. The fraction of sp³-hybridized carbons (Fsp3) is 0.0833. The van der Waals surface area contributed by atoms with Gasteiger partial charge in [-0.25, -0.2) is 9.18 Å². The van der Waals surface area contributed by atoms with Crippen molar-refractivity contribution >= 4 is 5.52 Å². The first-order valence-corrected chi connectivity index (χ1v) is 5.34. The molecule has 1 N–H and O–H groups in total. The Labute approximate surface area is 101 Å². The molecule has 0 aromatic carbocycles. The monoisotopic (exact) mass is 244 g/mol. The molecule has 0 fully saturated rings. The molecule has 0 amide bonds. The topological polar surface area (TPSA) is 63.1 Å². The zero-order chi connectivity index (χ0) is 12.7. The van der Waals surface area contributed by atoms with Crippen molar-refractivity contribution in [1.82, 2.24) is 19.6 Å². The number of nitrogens with one attached hydrogen (secondary N) is 1. The third-order valence-electron chi connectivity index (χ3n) is 2.73. The van der Waals surface area contributed by atoms with Crippen LogP contribution < -0.4 is 5.69 Å². The molecule has 6 heteroatoms. The smallest absolute Gasteiger partial charge is 0.305 e. The van der Waals surface area contributed by atoms with E-state index in [0.29, 0.717) is 16.8 Å². The van der Waals surface area contributed by atoms with Crippen molar-refractivity contribution in [3.8, 4) is 11.3 Å². The molecule has 3 rings (SSSR count). The molecule has 0 aliphatic rings. The number of hydrogen-bond donors (Lipinski definition) is 1. The van der Waals surface area contributed by atoms with Gasteiger partial charge < -0.3 is 4.98 Å². The molecule has 0 aliphatic heterocycles. The molecule has 0 unspecified atom stereocenters. The van der Waals surface area contributed by atoms with E-state index >= 15 is 0 Å². The highest BCUT2D eigenvalue weighted by Gasteiger charge is 2.07. The Morgan fingerprint density at radius 1 is 1.28 bits per heavy atom. The van der Waals surface area contributed by atoms with Crippen LogP contribution in [0.15, 0.2) is 35.5 Å². The SMILES string of the molecule is Cc1cnn2c(=O)[nH]c(-c3cncc(F)c3)cc12. The second-order valence-corrected chi connectivity index (χ2v) is 4.00. The number of H-pyrrole nitrogens is 1. The molecule has 0 bridgehead atoms. The van der Waals surface area contributed by atoms with Crippen LogP contribution in [0.3, 0.4) is 0 Å². The highest BCUT2D eigenvalue weighted by Crippen LogP contribution is 2.18. The maximum Gasteiger partial charge on any atom is 0.347 e. The molecule has 5 nitrogen and oxygen atoms in total. The van der Waals surface area contributed by atoms with Crippen LogP contribution in [0, 0.1) is 12.7 Å². The van der Waals surface area contributed by atoms with Gasteiger partial charge in [0.1, 0.15) is 5.82 Å². The second-order valence-electron chi connectivity index (χ2n) is 4.00. The van der Waals surface area contributed by atoms with Crippen molar-refractivity contribution in [2.24, 2.45) is 0 Å². The zero-order valence-electron chi connectivity index (χ0n) is 9.51. The summed E-state index contributed by atoms with van der Waals surface area (Å²) in [5.41, 5.74) is 2.25. The average molecular weight is 244 g/mol. The number of pyridine rings is 1. The summed E-state index contributed by atoms with van der Waals surface area (Å²) in [6.07, 6.45) is 4.22. The largest absolute Gasteiger partial charge is 0.347 e. The molecule has 90 valence electrons. The van der Waals surface area contributed by atoms with Crippen molar-refractivity contribution in [1.29, 1.82) is 0 Å². The summed E-state index contributed by atoms with van der Waals surface area (Å²) < 4.78 is 14.4. The van der Waals surface area contributed by atoms with E-state index in [2.05, 4.69) is 15.1 Å². The number of aromatic amines is 1. The van der Waals surface area contributed by atoms with E-state index in [1.54, 1.807) is 12.3 Å². The quantitative estimate of drug-likeness (QED) is 0.706. The molecule has 0 atom stereocenters. The number of aryl methyl sites for hydroxylation is 1. The predicted molar refractivity (Wildman–Crippen MR) is 63.7 cm³/mol. The fourth-order valence-corrected chi connectivity index (χ4v) is 1.83. The van der Waals surface area contributed by atoms with Crippen molar-refractivity contribution in [3.63, 3.8) is 0 Å². The Kier molecular flexibility index (Phi) is 2.22. The minimum absolute atomic E-state index is 0.361. The maximum absolute atomic E-state index is 13.1. The normalized spacial score (nSPS) is 11.0. The van der Waals surface area contributed by atoms with Crippen molar-refractivity contribution < 1.29 is 4.39 Å². The first-order valence-electron chi connectivity index (χ1n) is 5.34. The summed E-state index contributed by atoms with van der Waals surface area (Å²) in [5, 5.41) is 3.95. The Bertz CT molecular complexity index is 790. The summed E-state index contributed by atoms with van der Waals surface area (Å²) >= 11 is 0. The van der Waals surface area contributed by atoms with Crippen molar-refractivity contribution in [2.75, 3.05) is 0 Å². The summed E-state index contributed by atoms with van der Waals surface area (Å²) in [4.78, 5) is 18.2.